The van der Waals surface area contributed by atoms with E-state index in [2.05, 4.69) is 21.9 Å². The number of hydrogen-bond acceptors (Lipinski definition) is 5. The van der Waals surface area contributed by atoms with E-state index >= 15 is 0 Å². The highest BCUT2D eigenvalue weighted by Gasteiger charge is 2.14. The molecule has 0 bridgehead atoms. The number of benzene rings is 1. The average molecular weight is 313 g/mol. The minimum absolute atomic E-state index is 0.274. The Balaban J connectivity index is 1.90. The molecule has 1 aliphatic heterocycles. The molecule has 2 rings (SSSR count). The van der Waals surface area contributed by atoms with Gasteiger partial charge in [0.1, 0.15) is 0 Å². The fourth-order valence-electron chi connectivity index (χ4n) is 2.35. The lowest BCUT2D eigenvalue weighted by molar-refractivity contribution is 0.0368. The van der Waals surface area contributed by atoms with Crippen LogP contribution >= 0.6 is 0 Å². The normalized spacial score (nSPS) is 18.4. The Kier molecular flexibility index (Phi) is 5.58. The van der Waals surface area contributed by atoms with E-state index in [1.807, 2.05) is 0 Å². The van der Waals surface area contributed by atoms with Crippen LogP contribution < -0.4 is 10.0 Å². The number of nitrogens with one attached hydrogen (secondary N) is 2. The summed E-state index contributed by atoms with van der Waals surface area (Å²) in [5.41, 5.74) is 0.922. The van der Waals surface area contributed by atoms with Crippen molar-refractivity contribution < 1.29 is 13.2 Å². The molecule has 0 saturated carbocycles. The first kappa shape index (κ1) is 16.2. The quantitative estimate of drug-likeness (QED) is 0.810. The molecule has 1 heterocycles. The first-order chi connectivity index (χ1) is 10.0. The van der Waals surface area contributed by atoms with Crippen molar-refractivity contribution in [2.75, 3.05) is 45.2 Å². The summed E-state index contributed by atoms with van der Waals surface area (Å²) in [5, 5.41) is 3.39. The van der Waals surface area contributed by atoms with Gasteiger partial charge in [-0.2, -0.15) is 0 Å². The fraction of sp³-hybridized carbons (Fsp3) is 0.571. The molecule has 1 fully saturated rings. The van der Waals surface area contributed by atoms with Crippen LogP contribution in [0.2, 0.25) is 0 Å². The van der Waals surface area contributed by atoms with Gasteiger partial charge in [-0.1, -0.05) is 0 Å². The smallest absolute Gasteiger partial charge is 0.240 e. The van der Waals surface area contributed by atoms with Crippen molar-refractivity contribution in [1.82, 2.24) is 9.62 Å². The molecular formula is C14H23N3O3S. The molecule has 2 N–H and O–H groups in total. The second-order valence-electron chi connectivity index (χ2n) is 5.19. The third-order valence-electron chi connectivity index (χ3n) is 3.48. The molecule has 1 atom stereocenters. The molecule has 1 unspecified atom stereocenters. The minimum Gasteiger partial charge on any atom is -0.381 e. The fourth-order valence-corrected chi connectivity index (χ4v) is 3.08. The van der Waals surface area contributed by atoms with Crippen LogP contribution in [-0.4, -0.2) is 59.3 Å². The largest absolute Gasteiger partial charge is 0.381 e. The van der Waals surface area contributed by atoms with Gasteiger partial charge in [-0.3, -0.25) is 4.90 Å². The lowest BCUT2D eigenvalue weighted by Crippen LogP contribution is -2.42. The molecule has 0 aromatic heterocycles. The van der Waals surface area contributed by atoms with E-state index in [0.29, 0.717) is 0 Å². The summed E-state index contributed by atoms with van der Waals surface area (Å²) in [6.45, 7) is 6.58. The third-order valence-corrected chi connectivity index (χ3v) is 4.91. The van der Waals surface area contributed by atoms with Crippen molar-refractivity contribution in [1.29, 1.82) is 0 Å². The summed E-state index contributed by atoms with van der Waals surface area (Å²) >= 11 is 0. The number of ether oxygens (including phenoxy) is 1. The van der Waals surface area contributed by atoms with Gasteiger partial charge in [0.2, 0.25) is 10.0 Å². The molecule has 1 saturated heterocycles. The molecule has 6 nitrogen and oxygen atoms in total. The van der Waals surface area contributed by atoms with Gasteiger partial charge in [0, 0.05) is 31.4 Å². The number of nitrogens with zero attached hydrogens (tertiary/aromatic N) is 1. The summed E-state index contributed by atoms with van der Waals surface area (Å²) in [7, 11) is -1.96. The molecule has 1 aromatic rings. The second-order valence-corrected chi connectivity index (χ2v) is 7.08. The zero-order valence-electron chi connectivity index (χ0n) is 12.5. The summed E-state index contributed by atoms with van der Waals surface area (Å²) in [5.74, 6) is 0. The van der Waals surface area contributed by atoms with Crippen molar-refractivity contribution in [2.45, 2.75) is 17.9 Å². The zero-order valence-corrected chi connectivity index (χ0v) is 13.3. The van der Waals surface area contributed by atoms with Crippen LogP contribution in [0.25, 0.3) is 0 Å². The van der Waals surface area contributed by atoms with E-state index < -0.39 is 10.0 Å². The van der Waals surface area contributed by atoms with E-state index in [1.54, 1.807) is 24.3 Å². The van der Waals surface area contributed by atoms with Crippen LogP contribution in [0.1, 0.15) is 6.92 Å². The number of hydrogen-bond donors (Lipinski definition) is 2. The standard InChI is InChI=1S/C14H23N3O3S/c1-12(11-17-7-9-20-10-8-17)16-13-3-5-14(6-4-13)21(18,19)15-2/h3-6,12,15-16H,7-11H2,1-2H3. The molecule has 1 aromatic carbocycles. The molecule has 7 heteroatoms. The molecule has 0 aliphatic carbocycles. The lowest BCUT2D eigenvalue weighted by atomic mass is 10.2. The topological polar surface area (TPSA) is 70.7 Å². The summed E-state index contributed by atoms with van der Waals surface area (Å²) < 4.78 is 30.9. The molecule has 21 heavy (non-hydrogen) atoms. The van der Waals surface area contributed by atoms with Gasteiger partial charge in [0.15, 0.2) is 0 Å². The van der Waals surface area contributed by atoms with Crippen molar-refractivity contribution in [3.63, 3.8) is 0 Å². The SMILES string of the molecule is CNS(=O)(=O)c1ccc(NC(C)CN2CCOCC2)cc1. The Morgan fingerprint density at radius 1 is 1.24 bits per heavy atom. The van der Waals surface area contributed by atoms with Crippen molar-refractivity contribution in [2.24, 2.45) is 0 Å². The maximum Gasteiger partial charge on any atom is 0.240 e. The Bertz CT molecular complexity index is 539. The number of rotatable bonds is 6. The predicted molar refractivity (Wildman–Crippen MR) is 83.0 cm³/mol. The highest BCUT2D eigenvalue weighted by Crippen LogP contribution is 2.15. The molecule has 0 amide bonds. The average Bonchev–Trinajstić information content (AvgIpc) is 2.48. The van der Waals surface area contributed by atoms with Crippen molar-refractivity contribution in [3.8, 4) is 0 Å². The number of sulfonamides is 1. The molecule has 0 spiro atoms. The van der Waals surface area contributed by atoms with Gasteiger partial charge in [-0.05, 0) is 38.2 Å². The molecule has 1 aliphatic rings. The molecule has 0 radical (unpaired) electrons. The maximum absolute atomic E-state index is 11.6. The van der Waals surface area contributed by atoms with Crippen LogP contribution in [-0.2, 0) is 14.8 Å². The van der Waals surface area contributed by atoms with Crippen LogP contribution in [0.4, 0.5) is 5.69 Å². The Morgan fingerprint density at radius 2 is 1.86 bits per heavy atom. The van der Waals surface area contributed by atoms with Gasteiger partial charge in [0.05, 0.1) is 18.1 Å². The van der Waals surface area contributed by atoms with Crippen molar-refractivity contribution >= 4 is 15.7 Å². The van der Waals surface area contributed by atoms with E-state index in [1.165, 1.54) is 7.05 Å². The van der Waals surface area contributed by atoms with Crippen molar-refractivity contribution in [3.05, 3.63) is 24.3 Å². The zero-order chi connectivity index (χ0) is 15.3. The van der Waals surface area contributed by atoms with E-state index in [9.17, 15) is 8.42 Å². The van der Waals surface area contributed by atoms with Gasteiger partial charge in [0.25, 0.3) is 0 Å². The molecule has 118 valence electrons. The van der Waals surface area contributed by atoms with E-state index in [0.717, 1.165) is 38.5 Å². The Morgan fingerprint density at radius 3 is 2.43 bits per heavy atom. The minimum atomic E-state index is -3.37. The highest BCUT2D eigenvalue weighted by molar-refractivity contribution is 7.89. The third kappa shape index (κ3) is 4.67. The first-order valence-corrected chi connectivity index (χ1v) is 8.60. The monoisotopic (exact) mass is 313 g/mol. The number of morpholine rings is 1. The summed E-state index contributed by atoms with van der Waals surface area (Å²) in [6.07, 6.45) is 0. The van der Waals surface area contributed by atoms with Crippen LogP contribution in [0.15, 0.2) is 29.2 Å². The van der Waals surface area contributed by atoms with Crippen LogP contribution in [0.5, 0.6) is 0 Å². The van der Waals surface area contributed by atoms with Crippen LogP contribution in [0.3, 0.4) is 0 Å². The van der Waals surface area contributed by atoms with E-state index in [-0.39, 0.29) is 10.9 Å². The lowest BCUT2D eigenvalue weighted by Gasteiger charge is -2.29. The maximum atomic E-state index is 11.6. The Labute approximate surface area is 126 Å². The van der Waals surface area contributed by atoms with Gasteiger partial charge >= 0.3 is 0 Å². The van der Waals surface area contributed by atoms with E-state index in [4.69, 9.17) is 4.74 Å². The molecular weight excluding hydrogens is 290 g/mol. The summed E-state index contributed by atoms with van der Waals surface area (Å²) in [4.78, 5) is 2.64. The summed E-state index contributed by atoms with van der Waals surface area (Å²) in [6, 6.07) is 7.08. The number of anilines is 1. The first-order valence-electron chi connectivity index (χ1n) is 7.11. The van der Waals surface area contributed by atoms with Gasteiger partial charge < -0.3 is 10.1 Å². The predicted octanol–water partition coefficient (Wildman–Crippen LogP) is 0.727. The van der Waals surface area contributed by atoms with Crippen LogP contribution in [0, 0.1) is 0 Å². The van der Waals surface area contributed by atoms with Gasteiger partial charge in [-0.15, -0.1) is 0 Å². The second kappa shape index (κ2) is 7.22. The Hall–Kier alpha value is -1.15. The highest BCUT2D eigenvalue weighted by atomic mass is 32.2. The van der Waals surface area contributed by atoms with Gasteiger partial charge in [-0.25, -0.2) is 13.1 Å².